The van der Waals surface area contributed by atoms with Crippen LogP contribution in [-0.2, 0) is 4.74 Å². The highest BCUT2D eigenvalue weighted by Crippen LogP contribution is 1.83. The van der Waals surface area contributed by atoms with E-state index in [-0.39, 0.29) is 6.10 Å². The zero-order valence-electron chi connectivity index (χ0n) is 5.93. The molecule has 54 valence electrons. The Morgan fingerprint density at radius 1 is 1.44 bits per heavy atom. The zero-order valence-corrected chi connectivity index (χ0v) is 6.69. The number of hydrogen-bond donors (Lipinski definition) is 0. The first-order valence-corrected chi connectivity index (χ1v) is 3.10. The van der Waals surface area contributed by atoms with E-state index in [0.29, 0.717) is 0 Å². The van der Waals surface area contributed by atoms with Crippen molar-refractivity contribution in [1.29, 1.82) is 0 Å². The average molecular weight is 149 g/mol. The van der Waals surface area contributed by atoms with Crippen molar-refractivity contribution in [3.63, 3.8) is 0 Å². The highest BCUT2D eigenvalue weighted by molar-refractivity contribution is 6.25. The minimum Gasteiger partial charge on any atom is -0.499 e. The van der Waals surface area contributed by atoms with Crippen LogP contribution in [0.15, 0.2) is 25.0 Å². The van der Waals surface area contributed by atoms with Crippen LogP contribution in [0.5, 0.6) is 0 Å². The van der Waals surface area contributed by atoms with E-state index >= 15 is 0 Å². The molecule has 0 aromatic heterocycles. The third-order valence-corrected chi connectivity index (χ3v) is 0.368. The highest BCUT2D eigenvalue weighted by Gasteiger charge is 1.81. The van der Waals surface area contributed by atoms with Crippen LogP contribution in [0.2, 0.25) is 0 Å². The van der Waals surface area contributed by atoms with Crippen molar-refractivity contribution in [3.8, 4) is 0 Å². The van der Waals surface area contributed by atoms with Crippen LogP contribution in [0.4, 0.5) is 0 Å². The van der Waals surface area contributed by atoms with Gasteiger partial charge in [0.05, 0.1) is 12.4 Å². The van der Waals surface area contributed by atoms with Gasteiger partial charge in [-0.2, -0.15) is 0 Å². The van der Waals surface area contributed by atoms with E-state index in [0.717, 1.165) is 0 Å². The van der Waals surface area contributed by atoms with Gasteiger partial charge in [-0.05, 0) is 19.4 Å². The Morgan fingerprint density at radius 3 is 1.78 bits per heavy atom. The van der Waals surface area contributed by atoms with Gasteiger partial charge in [-0.25, -0.2) is 0 Å². The van der Waals surface area contributed by atoms with E-state index in [9.17, 15) is 0 Å². The summed E-state index contributed by atoms with van der Waals surface area (Å²) in [5, 5.41) is 0. The number of hydrogen-bond acceptors (Lipinski definition) is 1. The minimum absolute atomic E-state index is 0.280. The fourth-order valence-electron chi connectivity index (χ4n) is 0.192. The van der Waals surface area contributed by atoms with Gasteiger partial charge < -0.3 is 4.74 Å². The van der Waals surface area contributed by atoms with Gasteiger partial charge in [0.2, 0.25) is 0 Å². The summed E-state index contributed by atoms with van der Waals surface area (Å²) in [6.07, 6.45) is 1.73. The standard InChI is InChI=1S/C5H10O.C2H3Cl/c1-4-6-5(2)3;1-2-3/h4-5H,1H2,2-3H3;2H,1H2. The molecule has 2 heteroatoms. The molecule has 0 spiro atoms. The Kier molecular flexibility index (Phi) is 13.3. The lowest BCUT2D eigenvalue weighted by Crippen LogP contribution is -1.93. The number of ether oxygens (including phenoxy) is 1. The van der Waals surface area contributed by atoms with Crippen molar-refractivity contribution in [2.75, 3.05) is 0 Å². The molecule has 0 aliphatic rings. The molecular weight excluding hydrogens is 136 g/mol. The van der Waals surface area contributed by atoms with Crippen molar-refractivity contribution in [1.82, 2.24) is 0 Å². The van der Waals surface area contributed by atoms with Gasteiger partial charge in [-0.3, -0.25) is 0 Å². The van der Waals surface area contributed by atoms with E-state index in [4.69, 9.17) is 16.3 Å². The monoisotopic (exact) mass is 148 g/mol. The lowest BCUT2D eigenvalue weighted by atomic mass is 10.5. The summed E-state index contributed by atoms with van der Waals surface area (Å²) in [7, 11) is 0. The molecule has 0 rings (SSSR count). The van der Waals surface area contributed by atoms with E-state index < -0.39 is 0 Å². The third kappa shape index (κ3) is 35.6. The normalized spacial score (nSPS) is 7.11. The predicted molar refractivity (Wildman–Crippen MR) is 42.5 cm³/mol. The molecule has 0 heterocycles. The SMILES string of the molecule is C=CCl.C=COC(C)C. The maximum atomic E-state index is 4.81. The molecule has 0 unspecified atom stereocenters. The van der Waals surface area contributed by atoms with Crippen molar-refractivity contribution in [2.45, 2.75) is 20.0 Å². The maximum Gasteiger partial charge on any atom is 0.0922 e. The van der Waals surface area contributed by atoms with Crippen molar-refractivity contribution in [2.24, 2.45) is 0 Å². The highest BCUT2D eigenvalue weighted by atomic mass is 35.5. The second-order valence-electron chi connectivity index (χ2n) is 1.51. The van der Waals surface area contributed by atoms with Crippen molar-refractivity contribution in [3.05, 3.63) is 25.0 Å². The van der Waals surface area contributed by atoms with Crippen LogP contribution in [0.25, 0.3) is 0 Å². The summed E-state index contributed by atoms with van der Waals surface area (Å²) in [6, 6.07) is 0. The molecule has 0 aromatic rings. The molecule has 0 radical (unpaired) electrons. The number of halogens is 1. The van der Waals surface area contributed by atoms with E-state index in [2.05, 4.69) is 13.2 Å². The number of rotatable bonds is 2. The van der Waals surface area contributed by atoms with E-state index in [1.54, 1.807) is 0 Å². The van der Waals surface area contributed by atoms with Crippen LogP contribution >= 0.6 is 11.6 Å². The van der Waals surface area contributed by atoms with Gasteiger partial charge in [0.15, 0.2) is 0 Å². The Bertz CT molecular complexity index is 69.3. The molecular formula is C7H13ClO. The quantitative estimate of drug-likeness (QED) is 0.548. The molecule has 0 amide bonds. The molecule has 0 saturated carbocycles. The van der Waals surface area contributed by atoms with Crippen molar-refractivity contribution >= 4 is 11.6 Å². The first kappa shape index (κ1) is 11.4. The van der Waals surface area contributed by atoms with Crippen LogP contribution in [0, 0.1) is 0 Å². The van der Waals surface area contributed by atoms with Gasteiger partial charge in [0.1, 0.15) is 0 Å². The molecule has 0 aromatic carbocycles. The Morgan fingerprint density at radius 2 is 1.78 bits per heavy atom. The summed E-state index contributed by atoms with van der Waals surface area (Å²) in [5.74, 6) is 0. The molecule has 0 saturated heterocycles. The summed E-state index contributed by atoms with van der Waals surface area (Å²) < 4.78 is 4.81. The molecule has 0 aliphatic carbocycles. The fraction of sp³-hybridized carbons (Fsp3) is 0.429. The lowest BCUT2D eigenvalue weighted by molar-refractivity contribution is 0.180. The average Bonchev–Trinajstić information content (AvgIpc) is 1.67. The van der Waals surface area contributed by atoms with Crippen LogP contribution < -0.4 is 0 Å². The van der Waals surface area contributed by atoms with E-state index in [1.807, 2.05) is 13.8 Å². The van der Waals surface area contributed by atoms with Gasteiger partial charge in [0, 0.05) is 0 Å². The molecule has 0 bridgehead atoms. The van der Waals surface area contributed by atoms with Gasteiger partial charge >= 0.3 is 0 Å². The van der Waals surface area contributed by atoms with Crippen LogP contribution in [-0.4, -0.2) is 6.10 Å². The largest absolute Gasteiger partial charge is 0.499 e. The van der Waals surface area contributed by atoms with Crippen molar-refractivity contribution < 1.29 is 4.74 Å². The van der Waals surface area contributed by atoms with E-state index in [1.165, 1.54) is 11.8 Å². The minimum atomic E-state index is 0.280. The smallest absolute Gasteiger partial charge is 0.0922 e. The molecule has 0 atom stereocenters. The lowest BCUT2D eigenvalue weighted by Gasteiger charge is -1.99. The Balaban J connectivity index is 0. The molecule has 0 aliphatic heterocycles. The third-order valence-electron chi connectivity index (χ3n) is 0.368. The summed E-state index contributed by atoms with van der Waals surface area (Å²) in [6.45, 7) is 10.4. The molecule has 9 heavy (non-hydrogen) atoms. The summed E-state index contributed by atoms with van der Waals surface area (Å²) >= 11 is 4.76. The summed E-state index contributed by atoms with van der Waals surface area (Å²) in [4.78, 5) is 0. The molecule has 0 N–H and O–H groups in total. The second kappa shape index (κ2) is 10.5. The molecule has 0 fully saturated rings. The topological polar surface area (TPSA) is 9.23 Å². The van der Waals surface area contributed by atoms with Crippen LogP contribution in [0.3, 0.4) is 0 Å². The maximum absolute atomic E-state index is 4.81. The van der Waals surface area contributed by atoms with Gasteiger partial charge in [-0.15, -0.1) is 0 Å². The molecule has 1 nitrogen and oxygen atoms in total. The van der Waals surface area contributed by atoms with Crippen LogP contribution in [0.1, 0.15) is 13.8 Å². The summed E-state index contributed by atoms with van der Waals surface area (Å²) in [5.41, 5.74) is 1.22. The predicted octanol–water partition coefficient (Wildman–Crippen LogP) is 2.92. The Hall–Kier alpha value is -0.430. The van der Waals surface area contributed by atoms with Gasteiger partial charge in [-0.1, -0.05) is 24.8 Å². The Labute approximate surface area is 62.0 Å². The fourth-order valence-corrected chi connectivity index (χ4v) is 0.192. The first-order chi connectivity index (χ1) is 4.18. The zero-order chi connectivity index (χ0) is 7.70. The van der Waals surface area contributed by atoms with Gasteiger partial charge in [0.25, 0.3) is 0 Å². The first-order valence-electron chi connectivity index (χ1n) is 2.66. The second-order valence-corrected chi connectivity index (χ2v) is 1.81.